The zero-order valence-corrected chi connectivity index (χ0v) is 14.0. The maximum absolute atomic E-state index is 12.9. The van der Waals surface area contributed by atoms with E-state index in [9.17, 15) is 8.42 Å². The molecule has 1 aromatic carbocycles. The van der Waals surface area contributed by atoms with Crippen molar-refractivity contribution in [1.82, 2.24) is 8.61 Å². The molecule has 1 aromatic rings. The summed E-state index contributed by atoms with van der Waals surface area (Å²) in [7, 11) is -3.53. The summed E-state index contributed by atoms with van der Waals surface area (Å²) in [6.07, 6.45) is 1.73. The van der Waals surface area contributed by atoms with E-state index in [4.69, 9.17) is 5.26 Å². The first-order valence-corrected chi connectivity index (χ1v) is 9.10. The lowest BCUT2D eigenvalue weighted by Crippen LogP contribution is -2.45. The number of benzene rings is 1. The molecule has 0 aliphatic carbocycles. The Balaban J connectivity index is 2.23. The molecular weight excluding hydrogens is 298 g/mol. The van der Waals surface area contributed by atoms with Crippen LogP contribution in [0.5, 0.6) is 0 Å². The Bertz CT molecular complexity index is 652. The quantitative estimate of drug-likeness (QED) is 0.835. The average molecular weight is 321 g/mol. The number of rotatable bonds is 5. The Kier molecular flexibility index (Phi) is 5.57. The van der Waals surface area contributed by atoms with E-state index in [2.05, 4.69) is 12.1 Å². The normalized spacial score (nSPS) is 17.5. The second-order valence-electron chi connectivity index (χ2n) is 5.69. The van der Waals surface area contributed by atoms with Gasteiger partial charge in [-0.15, -0.1) is 0 Å². The predicted molar refractivity (Wildman–Crippen MR) is 86.1 cm³/mol. The van der Waals surface area contributed by atoms with Gasteiger partial charge in [0.1, 0.15) is 0 Å². The number of aryl methyl sites for hydroxylation is 1. The van der Waals surface area contributed by atoms with Gasteiger partial charge in [-0.05, 0) is 30.9 Å². The molecule has 0 bridgehead atoms. The van der Waals surface area contributed by atoms with Crippen molar-refractivity contribution in [1.29, 1.82) is 5.26 Å². The van der Waals surface area contributed by atoms with E-state index >= 15 is 0 Å². The zero-order chi connectivity index (χ0) is 16.2. The van der Waals surface area contributed by atoms with Gasteiger partial charge in [-0.2, -0.15) is 22.3 Å². The fourth-order valence-corrected chi connectivity index (χ4v) is 4.49. The van der Waals surface area contributed by atoms with Gasteiger partial charge >= 0.3 is 0 Å². The minimum absolute atomic E-state index is 0.244. The van der Waals surface area contributed by atoms with E-state index in [1.165, 1.54) is 9.87 Å². The van der Waals surface area contributed by atoms with Crippen molar-refractivity contribution >= 4 is 10.2 Å². The van der Waals surface area contributed by atoms with E-state index < -0.39 is 10.2 Å². The second kappa shape index (κ2) is 7.23. The Morgan fingerprint density at radius 3 is 2.68 bits per heavy atom. The van der Waals surface area contributed by atoms with Crippen LogP contribution in [-0.4, -0.2) is 36.7 Å². The van der Waals surface area contributed by atoms with Crippen molar-refractivity contribution < 1.29 is 8.42 Å². The van der Waals surface area contributed by atoms with E-state index in [0.717, 1.165) is 18.4 Å². The summed E-state index contributed by atoms with van der Waals surface area (Å²) in [4.78, 5) is 0. The van der Waals surface area contributed by atoms with Crippen molar-refractivity contribution in [2.75, 3.05) is 19.6 Å². The molecule has 0 radical (unpaired) electrons. The molecule has 1 heterocycles. The third kappa shape index (κ3) is 3.67. The minimum atomic E-state index is -3.53. The standard InChI is InChI=1S/C16H23N3O2S/c1-3-18(12-14(2)11-17)22(20,21)19-10-6-9-15-7-4-5-8-16(15)13-19/h4-5,7-8,14H,3,6,9-10,12-13H2,1-2H3/t14-/m1/s1. The molecule has 0 unspecified atom stereocenters. The van der Waals surface area contributed by atoms with E-state index in [1.807, 2.05) is 25.1 Å². The highest BCUT2D eigenvalue weighted by Crippen LogP contribution is 2.22. The van der Waals surface area contributed by atoms with Gasteiger partial charge in [0.05, 0.1) is 12.0 Å². The van der Waals surface area contributed by atoms with Crippen LogP contribution in [0.2, 0.25) is 0 Å². The number of nitrogens with zero attached hydrogens (tertiary/aromatic N) is 3. The van der Waals surface area contributed by atoms with E-state index in [0.29, 0.717) is 19.6 Å². The molecular formula is C16H23N3O2S. The number of hydrogen-bond acceptors (Lipinski definition) is 3. The van der Waals surface area contributed by atoms with Crippen LogP contribution in [0.15, 0.2) is 24.3 Å². The van der Waals surface area contributed by atoms with Crippen LogP contribution >= 0.6 is 0 Å². The Labute approximate surface area is 133 Å². The fourth-order valence-electron chi connectivity index (χ4n) is 2.76. The molecule has 2 rings (SSSR count). The average Bonchev–Trinajstić information content (AvgIpc) is 2.74. The molecule has 6 heteroatoms. The van der Waals surface area contributed by atoms with Crippen LogP contribution in [0.4, 0.5) is 0 Å². The highest BCUT2D eigenvalue weighted by atomic mass is 32.2. The second-order valence-corrected chi connectivity index (χ2v) is 7.62. The van der Waals surface area contributed by atoms with Crippen molar-refractivity contribution in [3.8, 4) is 6.07 Å². The van der Waals surface area contributed by atoms with Crippen molar-refractivity contribution in [3.05, 3.63) is 35.4 Å². The molecule has 1 aliphatic heterocycles. The molecule has 22 heavy (non-hydrogen) atoms. The van der Waals surface area contributed by atoms with Gasteiger partial charge in [-0.1, -0.05) is 31.2 Å². The fraction of sp³-hybridized carbons (Fsp3) is 0.562. The van der Waals surface area contributed by atoms with Gasteiger partial charge in [-0.3, -0.25) is 0 Å². The predicted octanol–water partition coefficient (Wildman–Crippen LogP) is 2.16. The van der Waals surface area contributed by atoms with Gasteiger partial charge in [0.25, 0.3) is 10.2 Å². The smallest absolute Gasteiger partial charge is 0.198 e. The molecule has 0 spiro atoms. The van der Waals surface area contributed by atoms with E-state index in [-0.39, 0.29) is 12.5 Å². The van der Waals surface area contributed by atoms with Crippen LogP contribution in [-0.2, 0) is 23.2 Å². The van der Waals surface area contributed by atoms with Crippen molar-refractivity contribution in [2.24, 2.45) is 5.92 Å². The van der Waals surface area contributed by atoms with Gasteiger partial charge in [0.2, 0.25) is 0 Å². The van der Waals surface area contributed by atoms with Gasteiger partial charge in [-0.25, -0.2) is 0 Å². The molecule has 0 amide bonds. The van der Waals surface area contributed by atoms with Crippen LogP contribution in [0.25, 0.3) is 0 Å². The first kappa shape index (κ1) is 16.9. The lowest BCUT2D eigenvalue weighted by atomic mass is 10.0. The Morgan fingerprint density at radius 1 is 1.36 bits per heavy atom. The summed E-state index contributed by atoms with van der Waals surface area (Å²) in [5.41, 5.74) is 2.31. The lowest BCUT2D eigenvalue weighted by molar-refractivity contribution is 0.328. The summed E-state index contributed by atoms with van der Waals surface area (Å²) in [5, 5.41) is 8.95. The zero-order valence-electron chi connectivity index (χ0n) is 13.2. The molecule has 0 fully saturated rings. The first-order chi connectivity index (χ1) is 10.5. The van der Waals surface area contributed by atoms with Crippen LogP contribution in [0, 0.1) is 17.2 Å². The highest BCUT2D eigenvalue weighted by molar-refractivity contribution is 7.86. The van der Waals surface area contributed by atoms with Crippen LogP contribution in [0.3, 0.4) is 0 Å². The SMILES string of the molecule is CCN(C[C@H](C)C#N)S(=O)(=O)N1CCCc2ccccc2C1. The summed E-state index contributed by atoms with van der Waals surface area (Å²) in [6.45, 7) is 5.12. The summed E-state index contributed by atoms with van der Waals surface area (Å²) < 4.78 is 28.7. The molecule has 5 nitrogen and oxygen atoms in total. The molecule has 120 valence electrons. The van der Waals surface area contributed by atoms with Crippen molar-refractivity contribution in [2.45, 2.75) is 33.2 Å². The maximum Gasteiger partial charge on any atom is 0.282 e. The topological polar surface area (TPSA) is 64.4 Å². The summed E-state index contributed by atoms with van der Waals surface area (Å²) >= 11 is 0. The van der Waals surface area contributed by atoms with Gasteiger partial charge in [0.15, 0.2) is 0 Å². The highest BCUT2D eigenvalue weighted by Gasteiger charge is 2.31. The first-order valence-electron chi connectivity index (χ1n) is 7.70. The molecule has 1 atom stereocenters. The molecule has 0 aromatic heterocycles. The van der Waals surface area contributed by atoms with Gasteiger partial charge in [0, 0.05) is 26.2 Å². The van der Waals surface area contributed by atoms with E-state index in [1.54, 1.807) is 11.2 Å². The third-order valence-corrected chi connectivity index (χ3v) is 6.05. The Hall–Kier alpha value is -1.42. The number of nitriles is 1. The molecule has 0 saturated heterocycles. The van der Waals surface area contributed by atoms with Crippen molar-refractivity contribution in [3.63, 3.8) is 0 Å². The van der Waals surface area contributed by atoms with Gasteiger partial charge < -0.3 is 0 Å². The molecule has 0 saturated carbocycles. The monoisotopic (exact) mass is 321 g/mol. The van der Waals surface area contributed by atoms with Crippen LogP contribution < -0.4 is 0 Å². The summed E-state index contributed by atoms with van der Waals surface area (Å²) in [6, 6.07) is 10.1. The summed E-state index contributed by atoms with van der Waals surface area (Å²) in [5.74, 6) is -0.311. The largest absolute Gasteiger partial charge is 0.282 e. The molecule has 0 N–H and O–H groups in total. The molecule has 1 aliphatic rings. The third-order valence-electron chi connectivity index (χ3n) is 4.02. The van der Waals surface area contributed by atoms with Crippen LogP contribution in [0.1, 0.15) is 31.4 Å². The number of hydrogen-bond donors (Lipinski definition) is 0. The Morgan fingerprint density at radius 2 is 2.05 bits per heavy atom. The lowest BCUT2D eigenvalue weighted by Gasteiger charge is -2.29. The maximum atomic E-state index is 12.9. The number of fused-ring (bicyclic) bond motifs is 1. The minimum Gasteiger partial charge on any atom is -0.198 e.